The molecule has 0 aliphatic carbocycles. The number of aromatic nitrogens is 2. The van der Waals surface area contributed by atoms with E-state index in [4.69, 9.17) is 0 Å². The Labute approximate surface area is 136 Å². The van der Waals surface area contributed by atoms with E-state index in [-0.39, 0.29) is 11.7 Å². The molecule has 23 heavy (non-hydrogen) atoms. The highest BCUT2D eigenvalue weighted by molar-refractivity contribution is 5.96. The number of aryl methyl sites for hydroxylation is 1. The molecule has 0 spiro atoms. The molecule has 3 rings (SSSR count). The van der Waals surface area contributed by atoms with E-state index in [1.165, 1.54) is 5.56 Å². The van der Waals surface area contributed by atoms with Gasteiger partial charge in [0.2, 0.25) is 0 Å². The smallest absolute Gasteiger partial charge is 0.163 e. The van der Waals surface area contributed by atoms with Crippen molar-refractivity contribution in [1.82, 2.24) is 9.78 Å². The highest BCUT2D eigenvalue weighted by Crippen LogP contribution is 2.31. The second kappa shape index (κ2) is 6.21. The molecule has 1 heterocycles. The van der Waals surface area contributed by atoms with Gasteiger partial charge < -0.3 is 0 Å². The van der Waals surface area contributed by atoms with Gasteiger partial charge in [0.25, 0.3) is 0 Å². The Balaban J connectivity index is 2.23. The fraction of sp³-hybridized carbons (Fsp3) is 0.200. The lowest BCUT2D eigenvalue weighted by molar-refractivity contribution is 0.101. The van der Waals surface area contributed by atoms with Crippen molar-refractivity contribution < 1.29 is 4.79 Å². The maximum Gasteiger partial charge on any atom is 0.163 e. The first-order valence-electron chi connectivity index (χ1n) is 7.80. The Morgan fingerprint density at radius 2 is 1.57 bits per heavy atom. The topological polar surface area (TPSA) is 34.9 Å². The molecule has 1 unspecified atom stereocenters. The van der Waals surface area contributed by atoms with Crippen LogP contribution in [0, 0.1) is 6.92 Å². The van der Waals surface area contributed by atoms with E-state index in [0.717, 1.165) is 22.6 Å². The van der Waals surface area contributed by atoms with Crippen LogP contribution in [0.1, 0.15) is 47.1 Å². The summed E-state index contributed by atoms with van der Waals surface area (Å²) in [6.07, 6.45) is 0. The third-order valence-corrected chi connectivity index (χ3v) is 4.16. The highest BCUT2D eigenvalue weighted by atomic mass is 16.1. The molecule has 3 aromatic rings. The van der Waals surface area contributed by atoms with Crippen molar-refractivity contribution >= 4 is 5.78 Å². The molecule has 3 heteroatoms. The van der Waals surface area contributed by atoms with Gasteiger partial charge in [-0.2, -0.15) is 5.10 Å². The molecule has 3 nitrogen and oxygen atoms in total. The van der Waals surface area contributed by atoms with Gasteiger partial charge in [0.15, 0.2) is 5.78 Å². The normalized spacial score (nSPS) is 12.1. The summed E-state index contributed by atoms with van der Waals surface area (Å²) in [5.41, 5.74) is 4.60. The number of carbonyl (C=O) groups excluding carboxylic acids is 1. The Bertz CT molecular complexity index is 820. The third-order valence-electron chi connectivity index (χ3n) is 4.16. The minimum Gasteiger partial charge on any atom is -0.294 e. The summed E-state index contributed by atoms with van der Waals surface area (Å²) in [6.45, 7) is 5.63. The van der Waals surface area contributed by atoms with Crippen molar-refractivity contribution in [2.75, 3.05) is 0 Å². The molecule has 1 atom stereocenters. The summed E-state index contributed by atoms with van der Waals surface area (Å²) in [7, 11) is 0. The maximum atomic E-state index is 12.2. The van der Waals surface area contributed by atoms with Gasteiger partial charge in [-0.15, -0.1) is 0 Å². The van der Waals surface area contributed by atoms with E-state index in [0.29, 0.717) is 0 Å². The van der Waals surface area contributed by atoms with Crippen LogP contribution in [0.4, 0.5) is 0 Å². The van der Waals surface area contributed by atoms with Crippen LogP contribution >= 0.6 is 0 Å². The van der Waals surface area contributed by atoms with Gasteiger partial charge in [0.05, 0.1) is 22.6 Å². The maximum absolute atomic E-state index is 12.2. The number of ketones is 1. The van der Waals surface area contributed by atoms with Crippen LogP contribution in [0.5, 0.6) is 0 Å². The Kier molecular flexibility index (Phi) is 4.11. The molecule has 0 bridgehead atoms. The minimum absolute atomic E-state index is 0.0578. The average molecular weight is 304 g/mol. The standard InChI is InChI=1S/C20H20N2O/c1-14(17-10-6-4-7-11-17)20-19(16(3)23)15(2)21-22(20)18-12-8-5-9-13-18/h4-14H,1-3H3. The lowest BCUT2D eigenvalue weighted by atomic mass is 9.93. The van der Waals surface area contributed by atoms with E-state index in [2.05, 4.69) is 24.2 Å². The van der Waals surface area contributed by atoms with Crippen molar-refractivity contribution in [1.29, 1.82) is 0 Å². The molecule has 0 amide bonds. The molecule has 0 fully saturated rings. The van der Waals surface area contributed by atoms with Crippen molar-refractivity contribution in [3.05, 3.63) is 83.2 Å². The number of nitrogens with zero attached hydrogens (tertiary/aromatic N) is 2. The zero-order chi connectivity index (χ0) is 16.4. The molecule has 0 aliphatic heterocycles. The number of hydrogen-bond donors (Lipinski definition) is 0. The molecule has 0 aliphatic rings. The minimum atomic E-state index is 0.0578. The molecular weight excluding hydrogens is 284 g/mol. The van der Waals surface area contributed by atoms with Gasteiger partial charge in [0, 0.05) is 5.92 Å². The molecule has 0 saturated heterocycles. The lowest BCUT2D eigenvalue weighted by Gasteiger charge is -2.16. The van der Waals surface area contributed by atoms with Crippen molar-refractivity contribution in [2.45, 2.75) is 26.7 Å². The summed E-state index contributed by atoms with van der Waals surface area (Å²) in [5.74, 6) is 0.138. The molecule has 0 N–H and O–H groups in total. The lowest BCUT2D eigenvalue weighted by Crippen LogP contribution is -2.10. The fourth-order valence-corrected chi connectivity index (χ4v) is 3.05. The van der Waals surface area contributed by atoms with E-state index in [1.807, 2.05) is 60.1 Å². The fourth-order valence-electron chi connectivity index (χ4n) is 3.05. The SMILES string of the molecule is CC(=O)c1c(C)nn(-c2ccccc2)c1C(C)c1ccccc1. The quantitative estimate of drug-likeness (QED) is 0.663. The Morgan fingerprint density at radius 3 is 2.13 bits per heavy atom. The average Bonchev–Trinajstić information content (AvgIpc) is 2.93. The first-order chi connectivity index (χ1) is 11.1. The van der Waals surface area contributed by atoms with Crippen LogP contribution in [0.3, 0.4) is 0 Å². The summed E-state index contributed by atoms with van der Waals surface area (Å²) >= 11 is 0. The first-order valence-corrected chi connectivity index (χ1v) is 7.80. The number of hydrogen-bond acceptors (Lipinski definition) is 2. The summed E-state index contributed by atoms with van der Waals surface area (Å²) in [6, 6.07) is 20.2. The van der Waals surface area contributed by atoms with Gasteiger partial charge in [0.1, 0.15) is 0 Å². The van der Waals surface area contributed by atoms with Crippen molar-refractivity contribution in [3.8, 4) is 5.69 Å². The molecule has 0 saturated carbocycles. The number of benzene rings is 2. The highest BCUT2D eigenvalue weighted by Gasteiger charge is 2.24. The molecular formula is C20H20N2O. The Hall–Kier alpha value is -2.68. The summed E-state index contributed by atoms with van der Waals surface area (Å²) < 4.78 is 1.91. The zero-order valence-corrected chi connectivity index (χ0v) is 13.7. The van der Waals surface area contributed by atoms with Crippen LogP contribution in [0.2, 0.25) is 0 Å². The van der Waals surface area contributed by atoms with E-state index < -0.39 is 0 Å². The van der Waals surface area contributed by atoms with E-state index >= 15 is 0 Å². The number of rotatable bonds is 4. The van der Waals surface area contributed by atoms with Crippen molar-refractivity contribution in [2.24, 2.45) is 0 Å². The Morgan fingerprint density at radius 1 is 1.00 bits per heavy atom. The second-order valence-electron chi connectivity index (χ2n) is 5.78. The van der Waals surface area contributed by atoms with Crippen LogP contribution in [-0.4, -0.2) is 15.6 Å². The first kappa shape index (κ1) is 15.2. The largest absolute Gasteiger partial charge is 0.294 e. The van der Waals surface area contributed by atoms with Crippen molar-refractivity contribution in [3.63, 3.8) is 0 Å². The molecule has 116 valence electrons. The number of carbonyl (C=O) groups is 1. The van der Waals surface area contributed by atoms with Crippen LogP contribution in [0.25, 0.3) is 5.69 Å². The van der Waals surface area contributed by atoms with Crippen LogP contribution < -0.4 is 0 Å². The number of para-hydroxylation sites is 1. The van der Waals surface area contributed by atoms with Gasteiger partial charge in [-0.05, 0) is 31.5 Å². The van der Waals surface area contributed by atoms with Crippen LogP contribution in [0.15, 0.2) is 60.7 Å². The molecule has 2 aromatic carbocycles. The monoisotopic (exact) mass is 304 g/mol. The third kappa shape index (κ3) is 2.82. The van der Waals surface area contributed by atoms with Crippen LogP contribution in [-0.2, 0) is 0 Å². The second-order valence-corrected chi connectivity index (χ2v) is 5.78. The predicted octanol–water partition coefficient (Wildman–Crippen LogP) is 4.54. The van der Waals surface area contributed by atoms with E-state index in [1.54, 1.807) is 6.92 Å². The molecule has 0 radical (unpaired) electrons. The summed E-state index contributed by atoms with van der Waals surface area (Å²) in [4.78, 5) is 12.2. The van der Waals surface area contributed by atoms with Gasteiger partial charge in [-0.1, -0.05) is 55.5 Å². The predicted molar refractivity (Wildman–Crippen MR) is 92.3 cm³/mol. The van der Waals surface area contributed by atoms with Gasteiger partial charge >= 0.3 is 0 Å². The summed E-state index contributed by atoms with van der Waals surface area (Å²) in [5, 5.41) is 4.64. The van der Waals surface area contributed by atoms with Gasteiger partial charge in [-0.25, -0.2) is 4.68 Å². The zero-order valence-electron chi connectivity index (χ0n) is 13.7. The van der Waals surface area contributed by atoms with Gasteiger partial charge in [-0.3, -0.25) is 4.79 Å². The molecule has 1 aromatic heterocycles. The number of Topliss-reactive ketones (excluding diaryl/α,β-unsaturated/α-hetero) is 1. The van der Waals surface area contributed by atoms with E-state index in [9.17, 15) is 4.79 Å².